The third-order valence-electron chi connectivity index (χ3n) is 1.87. The van der Waals surface area contributed by atoms with Crippen molar-refractivity contribution in [3.63, 3.8) is 0 Å². The van der Waals surface area contributed by atoms with Gasteiger partial charge in [0.2, 0.25) is 0 Å². The molecule has 0 amide bonds. The molecule has 1 aliphatic heterocycles. The summed E-state index contributed by atoms with van der Waals surface area (Å²) in [5.41, 5.74) is -0.224. The predicted molar refractivity (Wildman–Crippen MR) is 43.1 cm³/mol. The first-order chi connectivity index (χ1) is 4.27. The number of piperidine rings is 1. The fraction of sp³-hybridized carbons (Fsp3) is 0.857. The summed E-state index contributed by atoms with van der Waals surface area (Å²) >= 11 is 0. The standard InChI is InChI=1S/C7H12N2.ClH/c1-7(6-8)4-2-3-5-9-7;/h9H,2-5H2,1H3;1H. The van der Waals surface area contributed by atoms with Crippen molar-refractivity contribution in [3.05, 3.63) is 0 Å². The second kappa shape index (κ2) is 3.80. The summed E-state index contributed by atoms with van der Waals surface area (Å²) < 4.78 is 0. The maximum absolute atomic E-state index is 8.64. The van der Waals surface area contributed by atoms with Crippen LogP contribution in [-0.4, -0.2) is 12.1 Å². The van der Waals surface area contributed by atoms with E-state index in [4.69, 9.17) is 5.26 Å². The van der Waals surface area contributed by atoms with Crippen LogP contribution < -0.4 is 5.32 Å². The smallest absolute Gasteiger partial charge is 0.103 e. The summed E-state index contributed by atoms with van der Waals surface area (Å²) in [5.74, 6) is 0. The number of nitrogens with one attached hydrogen (secondary N) is 1. The van der Waals surface area contributed by atoms with Crippen molar-refractivity contribution < 1.29 is 0 Å². The third-order valence-corrected chi connectivity index (χ3v) is 1.87. The normalized spacial score (nSPS) is 32.0. The molecule has 10 heavy (non-hydrogen) atoms. The van der Waals surface area contributed by atoms with Gasteiger partial charge in [-0.15, -0.1) is 12.4 Å². The molecule has 1 unspecified atom stereocenters. The van der Waals surface area contributed by atoms with E-state index < -0.39 is 0 Å². The molecular formula is C7H13ClN2. The molecule has 1 atom stereocenters. The lowest BCUT2D eigenvalue weighted by Crippen LogP contribution is -2.44. The Kier molecular flexibility index (Phi) is 3.70. The van der Waals surface area contributed by atoms with Crippen molar-refractivity contribution in [2.24, 2.45) is 0 Å². The molecule has 2 nitrogen and oxygen atoms in total. The molecule has 1 saturated heterocycles. The van der Waals surface area contributed by atoms with Crippen LogP contribution in [0.1, 0.15) is 26.2 Å². The second-order valence-corrected chi connectivity index (χ2v) is 2.83. The fourth-order valence-electron chi connectivity index (χ4n) is 1.15. The van der Waals surface area contributed by atoms with Gasteiger partial charge in [-0.3, -0.25) is 5.32 Å². The molecule has 3 heteroatoms. The number of nitrogens with zero attached hydrogens (tertiary/aromatic N) is 1. The maximum atomic E-state index is 8.64. The topological polar surface area (TPSA) is 35.8 Å². The van der Waals surface area contributed by atoms with Crippen LogP contribution in [0.4, 0.5) is 0 Å². The van der Waals surface area contributed by atoms with E-state index >= 15 is 0 Å². The minimum atomic E-state index is -0.224. The SMILES string of the molecule is CC1(C#N)CCCCN1.Cl. The minimum absolute atomic E-state index is 0. The number of hydrogen-bond acceptors (Lipinski definition) is 2. The number of rotatable bonds is 0. The fourth-order valence-corrected chi connectivity index (χ4v) is 1.15. The first-order valence-corrected chi connectivity index (χ1v) is 3.43. The van der Waals surface area contributed by atoms with Crippen molar-refractivity contribution in [1.29, 1.82) is 5.26 Å². The highest BCUT2D eigenvalue weighted by Gasteiger charge is 2.24. The van der Waals surface area contributed by atoms with Crippen molar-refractivity contribution in [3.8, 4) is 6.07 Å². The van der Waals surface area contributed by atoms with E-state index in [0.29, 0.717) is 0 Å². The number of hydrogen-bond donors (Lipinski definition) is 1. The highest BCUT2D eigenvalue weighted by Crippen LogP contribution is 2.16. The molecule has 0 aromatic heterocycles. The van der Waals surface area contributed by atoms with Crippen LogP contribution in [0.5, 0.6) is 0 Å². The Labute approximate surface area is 68.0 Å². The molecule has 1 rings (SSSR count). The van der Waals surface area contributed by atoms with Gasteiger partial charge in [-0.2, -0.15) is 5.26 Å². The largest absolute Gasteiger partial charge is 0.300 e. The first kappa shape index (κ1) is 9.74. The Bertz CT molecular complexity index is 133. The Morgan fingerprint density at radius 2 is 2.20 bits per heavy atom. The Morgan fingerprint density at radius 3 is 2.50 bits per heavy atom. The lowest BCUT2D eigenvalue weighted by molar-refractivity contribution is 0.349. The lowest BCUT2D eigenvalue weighted by Gasteiger charge is -2.27. The van der Waals surface area contributed by atoms with Crippen LogP contribution >= 0.6 is 12.4 Å². The van der Waals surface area contributed by atoms with Crippen LogP contribution in [0.15, 0.2) is 0 Å². The quantitative estimate of drug-likeness (QED) is 0.583. The van der Waals surface area contributed by atoms with Gasteiger partial charge >= 0.3 is 0 Å². The average Bonchev–Trinajstić information content (AvgIpc) is 1.90. The van der Waals surface area contributed by atoms with Gasteiger partial charge in [0.15, 0.2) is 0 Å². The highest BCUT2D eigenvalue weighted by atomic mass is 35.5. The summed E-state index contributed by atoms with van der Waals surface area (Å²) in [6, 6.07) is 2.27. The molecule has 0 aromatic carbocycles. The van der Waals surface area contributed by atoms with Gasteiger partial charge in [-0.05, 0) is 32.7 Å². The molecule has 1 fully saturated rings. The zero-order chi connectivity index (χ0) is 6.74. The van der Waals surface area contributed by atoms with E-state index in [1.807, 2.05) is 6.92 Å². The van der Waals surface area contributed by atoms with Crippen LogP contribution in [0.25, 0.3) is 0 Å². The molecular weight excluding hydrogens is 148 g/mol. The maximum Gasteiger partial charge on any atom is 0.103 e. The first-order valence-electron chi connectivity index (χ1n) is 3.43. The molecule has 1 N–H and O–H groups in total. The Hall–Kier alpha value is -0.260. The van der Waals surface area contributed by atoms with E-state index in [1.54, 1.807) is 0 Å². The molecule has 58 valence electrons. The molecule has 0 saturated carbocycles. The molecule has 0 spiro atoms. The van der Waals surface area contributed by atoms with E-state index in [9.17, 15) is 0 Å². The lowest BCUT2D eigenvalue weighted by atomic mass is 9.93. The van der Waals surface area contributed by atoms with Crippen molar-refractivity contribution in [2.75, 3.05) is 6.54 Å². The zero-order valence-corrected chi connectivity index (χ0v) is 7.00. The van der Waals surface area contributed by atoms with Gasteiger partial charge in [0.05, 0.1) is 6.07 Å². The molecule has 0 aliphatic carbocycles. The van der Waals surface area contributed by atoms with Crippen molar-refractivity contribution >= 4 is 12.4 Å². The van der Waals surface area contributed by atoms with Gasteiger partial charge in [0, 0.05) is 0 Å². The monoisotopic (exact) mass is 160 g/mol. The Morgan fingerprint density at radius 1 is 1.50 bits per heavy atom. The molecule has 1 aliphatic rings. The van der Waals surface area contributed by atoms with E-state index in [0.717, 1.165) is 13.0 Å². The van der Waals surface area contributed by atoms with Crippen LogP contribution in [-0.2, 0) is 0 Å². The summed E-state index contributed by atoms with van der Waals surface area (Å²) in [5, 5.41) is 11.8. The van der Waals surface area contributed by atoms with Crippen molar-refractivity contribution in [2.45, 2.75) is 31.7 Å². The predicted octanol–water partition coefficient (Wildman–Crippen LogP) is 1.46. The molecule has 0 aromatic rings. The van der Waals surface area contributed by atoms with Gasteiger partial charge in [-0.25, -0.2) is 0 Å². The summed E-state index contributed by atoms with van der Waals surface area (Å²) in [6.45, 7) is 2.97. The van der Waals surface area contributed by atoms with Crippen LogP contribution in [0.3, 0.4) is 0 Å². The van der Waals surface area contributed by atoms with E-state index in [2.05, 4.69) is 11.4 Å². The Balaban J connectivity index is 0.000000810. The second-order valence-electron chi connectivity index (χ2n) is 2.83. The average molecular weight is 161 g/mol. The van der Waals surface area contributed by atoms with Crippen LogP contribution in [0.2, 0.25) is 0 Å². The zero-order valence-electron chi connectivity index (χ0n) is 6.18. The summed E-state index contributed by atoms with van der Waals surface area (Å²) in [6.07, 6.45) is 3.41. The van der Waals surface area contributed by atoms with Gasteiger partial charge in [-0.1, -0.05) is 0 Å². The molecule has 1 heterocycles. The number of nitriles is 1. The van der Waals surface area contributed by atoms with Crippen molar-refractivity contribution in [1.82, 2.24) is 5.32 Å². The van der Waals surface area contributed by atoms with Gasteiger partial charge in [0.25, 0.3) is 0 Å². The summed E-state index contributed by atoms with van der Waals surface area (Å²) in [7, 11) is 0. The summed E-state index contributed by atoms with van der Waals surface area (Å²) in [4.78, 5) is 0. The van der Waals surface area contributed by atoms with Gasteiger partial charge < -0.3 is 0 Å². The minimum Gasteiger partial charge on any atom is -0.300 e. The van der Waals surface area contributed by atoms with E-state index in [1.165, 1.54) is 12.8 Å². The van der Waals surface area contributed by atoms with Crippen LogP contribution in [0, 0.1) is 11.3 Å². The van der Waals surface area contributed by atoms with Gasteiger partial charge in [0.1, 0.15) is 5.54 Å². The molecule has 0 bridgehead atoms. The third kappa shape index (κ3) is 2.17. The molecule has 0 radical (unpaired) electrons. The number of halogens is 1. The van der Waals surface area contributed by atoms with E-state index in [-0.39, 0.29) is 17.9 Å². The highest BCUT2D eigenvalue weighted by molar-refractivity contribution is 5.85.